The molecule has 2 fully saturated rings. The average molecular weight is 510 g/mol. The summed E-state index contributed by atoms with van der Waals surface area (Å²) in [7, 11) is 0. The number of piperidine rings is 1. The van der Waals surface area contributed by atoms with Crippen LogP contribution in [0.25, 0.3) is 0 Å². The minimum atomic E-state index is -0.126. The van der Waals surface area contributed by atoms with Crippen molar-refractivity contribution in [3.63, 3.8) is 0 Å². The van der Waals surface area contributed by atoms with Gasteiger partial charge in [0.2, 0.25) is 5.91 Å². The van der Waals surface area contributed by atoms with Gasteiger partial charge in [0.05, 0.1) is 0 Å². The van der Waals surface area contributed by atoms with E-state index in [1.807, 2.05) is 24.3 Å². The van der Waals surface area contributed by atoms with E-state index in [0.717, 1.165) is 29.4 Å². The number of carbonyl (C=O) groups excluding carboxylic acids is 2. The zero-order valence-electron chi connectivity index (χ0n) is 17.2. The Bertz CT molecular complexity index is 937. The van der Waals surface area contributed by atoms with Crippen molar-refractivity contribution in [3.05, 3.63) is 51.2 Å². The Kier molecular flexibility index (Phi) is 7.30. The fourth-order valence-corrected chi connectivity index (χ4v) is 4.82. The van der Waals surface area contributed by atoms with Gasteiger partial charge < -0.3 is 15.0 Å². The maximum Gasteiger partial charge on any atom is 0.274 e. The molecular formula is C22H26BrClN4O3. The van der Waals surface area contributed by atoms with Crippen molar-refractivity contribution in [1.29, 1.82) is 0 Å². The summed E-state index contributed by atoms with van der Waals surface area (Å²) in [4.78, 5) is 27.3. The van der Waals surface area contributed by atoms with Gasteiger partial charge in [-0.15, -0.1) is 0 Å². The van der Waals surface area contributed by atoms with E-state index in [9.17, 15) is 9.59 Å². The molecule has 7 nitrogen and oxygen atoms in total. The molecule has 1 aromatic heterocycles. The van der Waals surface area contributed by atoms with E-state index >= 15 is 0 Å². The molecule has 0 aliphatic carbocycles. The molecule has 166 valence electrons. The number of rotatable bonds is 5. The van der Waals surface area contributed by atoms with E-state index in [1.165, 1.54) is 0 Å². The predicted octanol–water partition coefficient (Wildman–Crippen LogP) is 4.17. The van der Waals surface area contributed by atoms with Crippen molar-refractivity contribution < 1.29 is 14.3 Å². The van der Waals surface area contributed by atoms with Crippen LogP contribution in [0.3, 0.4) is 0 Å². The number of aromatic nitrogens is 2. The number of halogens is 2. The number of hydrogen-bond donors (Lipinski definition) is 1. The Morgan fingerprint density at radius 2 is 2.00 bits per heavy atom. The summed E-state index contributed by atoms with van der Waals surface area (Å²) in [6.07, 6.45) is 4.19. The SMILES string of the molecule is O=C(NCc1cccc(Cl)c1)C1CCN(C(=O)c2cc(Br)n(C3CCCCO3)n2)CC1. The fraction of sp³-hybridized carbons (Fsp3) is 0.500. The Morgan fingerprint density at radius 3 is 2.71 bits per heavy atom. The zero-order chi connectivity index (χ0) is 21.8. The molecule has 0 saturated carbocycles. The van der Waals surface area contributed by atoms with Gasteiger partial charge in [0.1, 0.15) is 4.60 Å². The van der Waals surface area contributed by atoms with Gasteiger partial charge in [-0.1, -0.05) is 23.7 Å². The second-order valence-corrected chi connectivity index (χ2v) is 9.28. The van der Waals surface area contributed by atoms with Gasteiger partial charge in [0.25, 0.3) is 5.91 Å². The molecule has 3 heterocycles. The van der Waals surface area contributed by atoms with Crippen LogP contribution in [0.1, 0.15) is 54.4 Å². The average Bonchev–Trinajstić information content (AvgIpc) is 3.19. The molecular weight excluding hydrogens is 484 g/mol. The molecule has 2 aliphatic heterocycles. The number of nitrogens with one attached hydrogen (secondary N) is 1. The lowest BCUT2D eigenvalue weighted by molar-refractivity contribution is -0.126. The molecule has 0 bridgehead atoms. The predicted molar refractivity (Wildman–Crippen MR) is 121 cm³/mol. The van der Waals surface area contributed by atoms with E-state index in [2.05, 4.69) is 26.3 Å². The van der Waals surface area contributed by atoms with Crippen molar-refractivity contribution in [2.24, 2.45) is 5.92 Å². The smallest absolute Gasteiger partial charge is 0.274 e. The largest absolute Gasteiger partial charge is 0.356 e. The third kappa shape index (κ3) is 5.48. The number of ether oxygens (including phenoxy) is 1. The summed E-state index contributed by atoms with van der Waals surface area (Å²) < 4.78 is 8.28. The molecule has 9 heteroatoms. The molecule has 0 radical (unpaired) electrons. The maximum absolute atomic E-state index is 12.9. The highest BCUT2D eigenvalue weighted by molar-refractivity contribution is 9.10. The van der Waals surface area contributed by atoms with Gasteiger partial charge in [0.15, 0.2) is 11.9 Å². The summed E-state index contributed by atoms with van der Waals surface area (Å²) in [6.45, 7) is 2.25. The molecule has 1 aromatic carbocycles. The lowest BCUT2D eigenvalue weighted by Crippen LogP contribution is -2.43. The highest BCUT2D eigenvalue weighted by atomic mass is 79.9. The molecule has 1 unspecified atom stereocenters. The fourth-order valence-electron chi connectivity index (χ4n) is 4.08. The third-order valence-corrected chi connectivity index (χ3v) is 6.67. The second-order valence-electron chi connectivity index (χ2n) is 8.03. The highest BCUT2D eigenvalue weighted by Gasteiger charge is 2.30. The van der Waals surface area contributed by atoms with Crippen LogP contribution in [-0.4, -0.2) is 46.2 Å². The Hall–Kier alpha value is -1.90. The van der Waals surface area contributed by atoms with E-state index in [4.69, 9.17) is 16.3 Å². The van der Waals surface area contributed by atoms with E-state index in [-0.39, 0.29) is 24.0 Å². The number of hydrogen-bond acceptors (Lipinski definition) is 4. The van der Waals surface area contributed by atoms with Crippen molar-refractivity contribution in [3.8, 4) is 0 Å². The van der Waals surface area contributed by atoms with Crippen LogP contribution in [0.4, 0.5) is 0 Å². The van der Waals surface area contributed by atoms with Crippen molar-refractivity contribution >= 4 is 39.3 Å². The number of carbonyl (C=O) groups is 2. The molecule has 2 aromatic rings. The molecule has 1 N–H and O–H groups in total. The summed E-state index contributed by atoms with van der Waals surface area (Å²) >= 11 is 9.50. The highest BCUT2D eigenvalue weighted by Crippen LogP contribution is 2.27. The van der Waals surface area contributed by atoms with Crippen LogP contribution in [0.5, 0.6) is 0 Å². The van der Waals surface area contributed by atoms with Crippen LogP contribution in [0.2, 0.25) is 5.02 Å². The molecule has 1 atom stereocenters. The second kappa shape index (κ2) is 10.1. The maximum atomic E-state index is 12.9. The summed E-state index contributed by atoms with van der Waals surface area (Å²) in [6, 6.07) is 9.21. The summed E-state index contributed by atoms with van der Waals surface area (Å²) in [5.74, 6) is -0.176. The molecule has 2 saturated heterocycles. The van der Waals surface area contributed by atoms with Crippen LogP contribution >= 0.6 is 27.5 Å². The standard InChI is InChI=1S/C22H26BrClN4O3/c23-19-13-18(26-28(19)20-6-1-2-11-31-20)22(30)27-9-7-16(8-10-27)21(29)25-14-15-4-3-5-17(24)12-15/h3-5,12-13,16,20H,1-2,6-11,14H2,(H,25,29). The van der Waals surface area contributed by atoms with Gasteiger partial charge in [-0.3, -0.25) is 9.59 Å². The topological polar surface area (TPSA) is 76.5 Å². The van der Waals surface area contributed by atoms with Crippen LogP contribution in [-0.2, 0) is 16.1 Å². The monoisotopic (exact) mass is 508 g/mol. The van der Waals surface area contributed by atoms with E-state index in [1.54, 1.807) is 15.6 Å². The number of nitrogens with zero attached hydrogens (tertiary/aromatic N) is 3. The lowest BCUT2D eigenvalue weighted by Gasteiger charge is -2.31. The number of likely N-dealkylation sites (tertiary alicyclic amines) is 1. The number of amides is 2. The Balaban J connectivity index is 1.29. The molecule has 2 aliphatic rings. The van der Waals surface area contributed by atoms with Crippen LogP contribution in [0.15, 0.2) is 34.9 Å². The minimum absolute atomic E-state index is 0.0218. The summed E-state index contributed by atoms with van der Waals surface area (Å²) in [5.41, 5.74) is 1.38. The first-order chi connectivity index (χ1) is 15.0. The normalized spacial score (nSPS) is 19.9. The minimum Gasteiger partial charge on any atom is -0.356 e. The summed E-state index contributed by atoms with van der Waals surface area (Å²) in [5, 5.41) is 8.13. The first-order valence-corrected chi connectivity index (χ1v) is 11.9. The molecule has 2 amide bonds. The quantitative estimate of drug-likeness (QED) is 0.656. The van der Waals surface area contributed by atoms with Crippen molar-refractivity contribution in [2.45, 2.75) is 44.9 Å². The Morgan fingerprint density at radius 1 is 1.19 bits per heavy atom. The Labute approximate surface area is 195 Å². The van der Waals surface area contributed by atoms with Crippen LogP contribution < -0.4 is 5.32 Å². The van der Waals surface area contributed by atoms with Gasteiger partial charge in [-0.05, 0) is 65.7 Å². The van der Waals surface area contributed by atoms with Gasteiger partial charge in [-0.2, -0.15) is 5.10 Å². The molecule has 4 rings (SSSR count). The third-order valence-electron chi connectivity index (χ3n) is 5.85. The van der Waals surface area contributed by atoms with E-state index < -0.39 is 0 Å². The first-order valence-electron chi connectivity index (χ1n) is 10.7. The lowest BCUT2D eigenvalue weighted by atomic mass is 9.95. The number of benzene rings is 1. The van der Waals surface area contributed by atoms with Crippen LogP contribution in [0, 0.1) is 5.92 Å². The van der Waals surface area contributed by atoms with Gasteiger partial charge in [-0.25, -0.2) is 4.68 Å². The van der Waals surface area contributed by atoms with Gasteiger partial charge in [0, 0.05) is 43.2 Å². The van der Waals surface area contributed by atoms with E-state index in [0.29, 0.717) is 49.8 Å². The molecule has 0 spiro atoms. The zero-order valence-corrected chi connectivity index (χ0v) is 19.6. The first kappa shape index (κ1) is 22.3. The van der Waals surface area contributed by atoms with Crippen molar-refractivity contribution in [2.75, 3.05) is 19.7 Å². The van der Waals surface area contributed by atoms with Crippen molar-refractivity contribution in [1.82, 2.24) is 20.0 Å². The molecule has 31 heavy (non-hydrogen) atoms. The van der Waals surface area contributed by atoms with Gasteiger partial charge >= 0.3 is 0 Å².